The van der Waals surface area contributed by atoms with Crippen molar-refractivity contribution in [3.8, 4) is 17.2 Å². The molecule has 0 bridgehead atoms. The molecule has 0 fully saturated rings. The van der Waals surface area contributed by atoms with Gasteiger partial charge in [-0.05, 0) is 54.3 Å². The van der Waals surface area contributed by atoms with E-state index >= 15 is 0 Å². The fourth-order valence-electron chi connectivity index (χ4n) is 3.37. The maximum Gasteiger partial charge on any atom is 0.344 e. The van der Waals surface area contributed by atoms with E-state index in [0.29, 0.717) is 16.9 Å². The van der Waals surface area contributed by atoms with Gasteiger partial charge in [-0.1, -0.05) is 62.7 Å². The summed E-state index contributed by atoms with van der Waals surface area (Å²) in [6.07, 6.45) is -0.866. The van der Waals surface area contributed by atoms with Gasteiger partial charge in [0.15, 0.2) is 18.1 Å². The van der Waals surface area contributed by atoms with Gasteiger partial charge in [0.05, 0.1) is 11.6 Å². The largest absolute Gasteiger partial charge is 0.504 e. The minimum Gasteiger partial charge on any atom is -0.504 e. The van der Waals surface area contributed by atoms with Crippen LogP contribution in [0.15, 0.2) is 72.8 Å². The Morgan fingerprint density at radius 2 is 1.69 bits per heavy atom. The van der Waals surface area contributed by atoms with E-state index in [1.807, 2.05) is 39.8 Å². The number of ether oxygens (including phenoxy) is 3. The molecule has 3 N–H and O–H groups in total. The van der Waals surface area contributed by atoms with Crippen molar-refractivity contribution in [3.63, 3.8) is 0 Å². The maximum absolute atomic E-state index is 12.6. The number of hydrogen-bond donors (Lipinski definition) is 2. The molecule has 0 aliphatic heterocycles. The predicted octanol–water partition coefficient (Wildman–Crippen LogP) is 4.96. The zero-order chi connectivity index (χ0) is 25.6. The summed E-state index contributed by atoms with van der Waals surface area (Å²) < 4.78 is 16.6. The van der Waals surface area contributed by atoms with E-state index in [1.165, 1.54) is 12.1 Å². The number of esters is 2. The average molecular weight is 478 g/mol. The Bertz CT molecular complexity index is 1170. The number of aryl methyl sites for hydroxylation is 1. The van der Waals surface area contributed by atoms with Crippen molar-refractivity contribution < 1.29 is 28.9 Å². The molecule has 3 rings (SSSR count). The number of benzene rings is 3. The van der Waals surface area contributed by atoms with E-state index in [9.17, 15) is 14.7 Å². The second-order valence-corrected chi connectivity index (χ2v) is 9.39. The van der Waals surface area contributed by atoms with Crippen LogP contribution in [0, 0.1) is 12.3 Å². The number of para-hydroxylation sites is 1. The first-order valence-corrected chi connectivity index (χ1v) is 11.3. The third kappa shape index (κ3) is 7.07. The third-order valence-corrected chi connectivity index (χ3v) is 5.45. The number of hydrogen-bond acceptors (Lipinski definition) is 7. The van der Waals surface area contributed by atoms with Crippen molar-refractivity contribution in [2.24, 2.45) is 11.1 Å². The van der Waals surface area contributed by atoms with E-state index in [0.717, 1.165) is 5.56 Å². The maximum atomic E-state index is 12.6. The Labute approximate surface area is 205 Å². The monoisotopic (exact) mass is 477 g/mol. The zero-order valence-corrected chi connectivity index (χ0v) is 20.4. The summed E-state index contributed by atoms with van der Waals surface area (Å²) in [5, 5.41) is 10.6. The second-order valence-electron chi connectivity index (χ2n) is 9.39. The normalized spacial score (nSPS) is 12.9. The van der Waals surface area contributed by atoms with Crippen LogP contribution in [0.25, 0.3) is 0 Å². The van der Waals surface area contributed by atoms with Crippen molar-refractivity contribution in [1.29, 1.82) is 0 Å². The van der Waals surface area contributed by atoms with Gasteiger partial charge in [-0.2, -0.15) is 0 Å². The highest BCUT2D eigenvalue weighted by Gasteiger charge is 2.33. The smallest absolute Gasteiger partial charge is 0.344 e. The van der Waals surface area contributed by atoms with Crippen LogP contribution in [0.5, 0.6) is 17.2 Å². The van der Waals surface area contributed by atoms with Crippen LogP contribution in [0.3, 0.4) is 0 Å². The Hall–Kier alpha value is -3.84. The van der Waals surface area contributed by atoms with E-state index < -0.39 is 29.5 Å². The van der Waals surface area contributed by atoms with Gasteiger partial charge in [0, 0.05) is 0 Å². The Morgan fingerprint density at radius 1 is 0.971 bits per heavy atom. The number of aromatic hydroxyl groups is 1. The fraction of sp³-hybridized carbons (Fsp3) is 0.286. The first kappa shape index (κ1) is 25.8. The number of nitrogens with two attached hydrogens (primary N) is 1. The van der Waals surface area contributed by atoms with Crippen molar-refractivity contribution in [1.82, 2.24) is 0 Å². The molecule has 184 valence electrons. The molecule has 7 nitrogen and oxygen atoms in total. The van der Waals surface area contributed by atoms with E-state index in [2.05, 4.69) is 0 Å². The van der Waals surface area contributed by atoms with Crippen LogP contribution < -0.4 is 15.2 Å². The lowest BCUT2D eigenvalue weighted by atomic mass is 9.81. The minimum atomic E-state index is -0.866. The Morgan fingerprint density at radius 3 is 2.31 bits per heavy atom. The molecule has 0 spiro atoms. The molecule has 0 aromatic heterocycles. The molecule has 0 aliphatic carbocycles. The van der Waals surface area contributed by atoms with Gasteiger partial charge in [-0.15, -0.1) is 0 Å². The number of phenols is 1. The summed E-state index contributed by atoms with van der Waals surface area (Å²) in [5.41, 5.74) is 7.79. The molecule has 35 heavy (non-hydrogen) atoms. The third-order valence-electron chi connectivity index (χ3n) is 5.45. The molecule has 0 saturated carbocycles. The summed E-state index contributed by atoms with van der Waals surface area (Å²) >= 11 is 0. The predicted molar refractivity (Wildman–Crippen MR) is 132 cm³/mol. The van der Waals surface area contributed by atoms with Crippen LogP contribution >= 0.6 is 0 Å². The van der Waals surface area contributed by atoms with Crippen LogP contribution in [0.4, 0.5) is 0 Å². The standard InChI is InChI=1S/C28H31NO6/c1-18-9-8-10-20(15-18)27(32)34-23-14-13-19(16-22(23)30)25(26(29)28(2,3)4)35-24(31)17-33-21-11-6-5-7-12-21/h5-16,25-26,30H,17,29H2,1-4H3. The lowest BCUT2D eigenvalue weighted by molar-refractivity contribution is -0.154. The molecule has 3 aromatic rings. The molecular formula is C28H31NO6. The molecule has 2 atom stereocenters. The Balaban J connectivity index is 1.77. The van der Waals surface area contributed by atoms with Gasteiger partial charge < -0.3 is 25.1 Å². The lowest BCUT2D eigenvalue weighted by Crippen LogP contribution is -2.42. The van der Waals surface area contributed by atoms with Gasteiger partial charge in [-0.3, -0.25) is 0 Å². The quantitative estimate of drug-likeness (QED) is 0.349. The number of carbonyl (C=O) groups is 2. The number of phenolic OH excluding ortho intramolecular Hbond substituents is 1. The summed E-state index contributed by atoms with van der Waals surface area (Å²) in [6.45, 7) is 7.36. The summed E-state index contributed by atoms with van der Waals surface area (Å²) in [7, 11) is 0. The van der Waals surface area contributed by atoms with Crippen LogP contribution in [-0.2, 0) is 9.53 Å². The first-order chi connectivity index (χ1) is 16.5. The van der Waals surface area contributed by atoms with E-state index in [4.69, 9.17) is 19.9 Å². The molecule has 0 aliphatic rings. The summed E-state index contributed by atoms with van der Waals surface area (Å²) in [4.78, 5) is 25.1. The topological polar surface area (TPSA) is 108 Å². The SMILES string of the molecule is Cc1cccc(C(=O)Oc2ccc(C(OC(=O)COc3ccccc3)C(N)C(C)(C)C)cc2O)c1. The lowest BCUT2D eigenvalue weighted by Gasteiger charge is -2.34. The molecule has 0 heterocycles. The molecule has 0 amide bonds. The minimum absolute atomic E-state index is 0.0120. The van der Waals surface area contributed by atoms with E-state index in [1.54, 1.807) is 48.5 Å². The molecule has 2 unspecified atom stereocenters. The van der Waals surface area contributed by atoms with Crippen molar-refractivity contribution in [2.45, 2.75) is 39.8 Å². The number of rotatable bonds is 8. The fourth-order valence-corrected chi connectivity index (χ4v) is 3.37. The van der Waals surface area contributed by atoms with Gasteiger partial charge in [-0.25, -0.2) is 9.59 Å². The second kappa shape index (κ2) is 11.1. The molecule has 0 saturated heterocycles. The zero-order valence-electron chi connectivity index (χ0n) is 20.4. The van der Waals surface area contributed by atoms with Crippen molar-refractivity contribution >= 4 is 11.9 Å². The van der Waals surface area contributed by atoms with Gasteiger partial charge in [0.1, 0.15) is 11.9 Å². The highest BCUT2D eigenvalue weighted by atomic mass is 16.6. The average Bonchev–Trinajstić information content (AvgIpc) is 2.82. The van der Waals surface area contributed by atoms with Crippen LogP contribution in [0.2, 0.25) is 0 Å². The molecule has 3 aromatic carbocycles. The molecule has 0 radical (unpaired) electrons. The first-order valence-electron chi connectivity index (χ1n) is 11.3. The van der Waals surface area contributed by atoms with Gasteiger partial charge in [0.2, 0.25) is 0 Å². The number of carbonyl (C=O) groups excluding carboxylic acids is 2. The Kier molecular flexibility index (Phi) is 8.14. The summed E-state index contributed by atoms with van der Waals surface area (Å²) in [6, 6.07) is 19.7. The van der Waals surface area contributed by atoms with Crippen molar-refractivity contribution in [3.05, 3.63) is 89.5 Å². The molecule has 7 heteroatoms. The van der Waals surface area contributed by atoms with Crippen LogP contribution in [0.1, 0.15) is 48.4 Å². The van der Waals surface area contributed by atoms with E-state index in [-0.39, 0.29) is 18.1 Å². The highest BCUT2D eigenvalue weighted by Crippen LogP contribution is 2.36. The molecular weight excluding hydrogens is 446 g/mol. The van der Waals surface area contributed by atoms with Gasteiger partial charge in [0.25, 0.3) is 0 Å². The highest BCUT2D eigenvalue weighted by molar-refractivity contribution is 5.91. The van der Waals surface area contributed by atoms with Crippen LogP contribution in [-0.4, -0.2) is 29.7 Å². The van der Waals surface area contributed by atoms with Crippen molar-refractivity contribution in [2.75, 3.05) is 6.61 Å². The van der Waals surface area contributed by atoms with Gasteiger partial charge >= 0.3 is 11.9 Å². The summed E-state index contributed by atoms with van der Waals surface area (Å²) in [5.74, 6) is -0.941.